The third-order valence-corrected chi connectivity index (χ3v) is 3.17. The van der Waals surface area contributed by atoms with Crippen LogP contribution in [-0.2, 0) is 0 Å². The molecule has 3 nitrogen and oxygen atoms in total. The molecule has 0 saturated heterocycles. The van der Waals surface area contributed by atoms with E-state index in [2.05, 4.69) is 4.98 Å². The van der Waals surface area contributed by atoms with Gasteiger partial charge in [-0.25, -0.2) is 0 Å². The quantitative estimate of drug-likeness (QED) is 0.884. The molecule has 0 aliphatic carbocycles. The largest absolute Gasteiger partial charge is 0.494 e. The van der Waals surface area contributed by atoms with Crippen molar-refractivity contribution in [2.45, 2.75) is 13.0 Å². The highest BCUT2D eigenvalue weighted by Crippen LogP contribution is 2.29. The summed E-state index contributed by atoms with van der Waals surface area (Å²) in [7, 11) is 0. The third kappa shape index (κ3) is 2.23. The molecule has 4 heteroatoms. The second kappa shape index (κ2) is 5.09. The van der Waals surface area contributed by atoms with Crippen molar-refractivity contribution in [1.29, 1.82) is 0 Å². The van der Waals surface area contributed by atoms with Crippen molar-refractivity contribution < 1.29 is 4.74 Å². The molecule has 2 aromatic rings. The standard InChI is InChI=1S/C12H14N2OS/c1-2-15-10-6-4-3-5-9(10)12(13)11-7-14-8-16-11/h3-8,12H,2,13H2,1H3. The topological polar surface area (TPSA) is 48.1 Å². The fourth-order valence-corrected chi connectivity index (χ4v) is 2.20. The van der Waals surface area contributed by atoms with Crippen LogP contribution in [0.5, 0.6) is 5.75 Å². The first kappa shape index (κ1) is 11.1. The Labute approximate surface area is 98.9 Å². The minimum absolute atomic E-state index is 0.157. The van der Waals surface area contributed by atoms with Gasteiger partial charge in [0.15, 0.2) is 0 Å². The Kier molecular flexibility index (Phi) is 3.54. The molecule has 0 aliphatic heterocycles. The molecule has 0 spiro atoms. The predicted octanol–water partition coefficient (Wildman–Crippen LogP) is 2.59. The van der Waals surface area contributed by atoms with Crippen molar-refractivity contribution in [2.75, 3.05) is 6.61 Å². The molecule has 1 unspecified atom stereocenters. The fraction of sp³-hybridized carbons (Fsp3) is 0.250. The van der Waals surface area contributed by atoms with E-state index in [-0.39, 0.29) is 6.04 Å². The van der Waals surface area contributed by atoms with Crippen LogP contribution in [0.1, 0.15) is 23.4 Å². The SMILES string of the molecule is CCOc1ccccc1C(N)c1cncs1. The predicted molar refractivity (Wildman–Crippen MR) is 65.8 cm³/mol. The molecule has 84 valence electrons. The summed E-state index contributed by atoms with van der Waals surface area (Å²) < 4.78 is 5.56. The Balaban J connectivity index is 2.32. The van der Waals surface area contributed by atoms with E-state index in [1.165, 1.54) is 0 Å². The molecule has 1 aromatic carbocycles. The number of nitrogens with two attached hydrogens (primary N) is 1. The monoisotopic (exact) mass is 234 g/mol. The summed E-state index contributed by atoms with van der Waals surface area (Å²) >= 11 is 1.56. The molecule has 1 heterocycles. The number of hydrogen-bond donors (Lipinski definition) is 1. The molecule has 0 amide bonds. The Morgan fingerprint density at radius 2 is 2.25 bits per heavy atom. The first-order valence-electron chi connectivity index (χ1n) is 5.18. The van der Waals surface area contributed by atoms with Gasteiger partial charge in [-0.2, -0.15) is 0 Å². The Bertz CT molecular complexity index is 442. The van der Waals surface area contributed by atoms with Crippen LogP contribution in [0.15, 0.2) is 36.0 Å². The van der Waals surface area contributed by atoms with Gasteiger partial charge in [-0.15, -0.1) is 11.3 Å². The minimum atomic E-state index is -0.157. The highest BCUT2D eigenvalue weighted by Gasteiger charge is 2.14. The lowest BCUT2D eigenvalue weighted by molar-refractivity contribution is 0.335. The molecule has 0 fully saturated rings. The highest BCUT2D eigenvalue weighted by atomic mass is 32.1. The van der Waals surface area contributed by atoms with Crippen LogP contribution >= 0.6 is 11.3 Å². The van der Waals surface area contributed by atoms with E-state index in [1.54, 1.807) is 23.0 Å². The zero-order chi connectivity index (χ0) is 11.4. The van der Waals surface area contributed by atoms with E-state index in [9.17, 15) is 0 Å². The average Bonchev–Trinajstić information content (AvgIpc) is 2.83. The number of rotatable bonds is 4. The molecule has 1 atom stereocenters. The summed E-state index contributed by atoms with van der Waals surface area (Å²) in [4.78, 5) is 5.09. The second-order valence-corrected chi connectivity index (χ2v) is 4.27. The zero-order valence-electron chi connectivity index (χ0n) is 9.09. The van der Waals surface area contributed by atoms with E-state index in [0.29, 0.717) is 6.61 Å². The normalized spacial score (nSPS) is 12.4. The molecule has 0 aliphatic rings. The van der Waals surface area contributed by atoms with Gasteiger partial charge in [0.05, 0.1) is 18.2 Å². The molecule has 0 radical (unpaired) electrons. The van der Waals surface area contributed by atoms with Crippen LogP contribution in [0.4, 0.5) is 0 Å². The molecule has 0 saturated carbocycles. The molecular weight excluding hydrogens is 220 g/mol. The maximum atomic E-state index is 6.18. The first-order chi connectivity index (χ1) is 7.83. The minimum Gasteiger partial charge on any atom is -0.494 e. The lowest BCUT2D eigenvalue weighted by Crippen LogP contribution is -2.12. The summed E-state index contributed by atoms with van der Waals surface area (Å²) in [5.41, 5.74) is 8.98. The highest BCUT2D eigenvalue weighted by molar-refractivity contribution is 7.09. The van der Waals surface area contributed by atoms with Crippen molar-refractivity contribution >= 4 is 11.3 Å². The number of ether oxygens (including phenoxy) is 1. The Morgan fingerprint density at radius 1 is 1.44 bits per heavy atom. The summed E-state index contributed by atoms with van der Waals surface area (Å²) in [6.07, 6.45) is 1.80. The maximum Gasteiger partial charge on any atom is 0.124 e. The van der Waals surface area contributed by atoms with Gasteiger partial charge in [0.25, 0.3) is 0 Å². The maximum absolute atomic E-state index is 6.18. The number of thiazole rings is 1. The summed E-state index contributed by atoms with van der Waals surface area (Å²) in [5, 5.41) is 0. The van der Waals surface area contributed by atoms with Crippen LogP contribution in [0, 0.1) is 0 Å². The van der Waals surface area contributed by atoms with Crippen LogP contribution < -0.4 is 10.5 Å². The summed E-state index contributed by atoms with van der Waals surface area (Å²) in [5.74, 6) is 0.853. The van der Waals surface area contributed by atoms with E-state index in [4.69, 9.17) is 10.5 Å². The molecule has 2 rings (SSSR count). The molecule has 1 aromatic heterocycles. The van der Waals surface area contributed by atoms with Gasteiger partial charge >= 0.3 is 0 Å². The van der Waals surface area contributed by atoms with Crippen LogP contribution in [0.25, 0.3) is 0 Å². The van der Waals surface area contributed by atoms with E-state index in [1.807, 2.05) is 31.2 Å². The van der Waals surface area contributed by atoms with Crippen molar-refractivity contribution in [3.8, 4) is 5.75 Å². The van der Waals surface area contributed by atoms with Gasteiger partial charge in [0.2, 0.25) is 0 Å². The van der Waals surface area contributed by atoms with Gasteiger partial charge in [-0.1, -0.05) is 18.2 Å². The van der Waals surface area contributed by atoms with Gasteiger partial charge in [-0.3, -0.25) is 4.98 Å². The van der Waals surface area contributed by atoms with Crippen LogP contribution in [-0.4, -0.2) is 11.6 Å². The number of hydrogen-bond acceptors (Lipinski definition) is 4. The van der Waals surface area contributed by atoms with E-state index >= 15 is 0 Å². The number of para-hydroxylation sites is 1. The molecule has 2 N–H and O–H groups in total. The first-order valence-corrected chi connectivity index (χ1v) is 6.06. The molecule has 0 bridgehead atoms. The average molecular weight is 234 g/mol. The van der Waals surface area contributed by atoms with Crippen molar-refractivity contribution in [3.05, 3.63) is 46.4 Å². The second-order valence-electron chi connectivity index (χ2n) is 3.35. The number of nitrogens with zero attached hydrogens (tertiary/aromatic N) is 1. The van der Waals surface area contributed by atoms with Gasteiger partial charge in [0, 0.05) is 16.6 Å². The zero-order valence-corrected chi connectivity index (χ0v) is 9.91. The van der Waals surface area contributed by atoms with E-state index in [0.717, 1.165) is 16.2 Å². The number of benzene rings is 1. The molecule has 16 heavy (non-hydrogen) atoms. The Hall–Kier alpha value is -1.39. The van der Waals surface area contributed by atoms with Gasteiger partial charge in [0.1, 0.15) is 5.75 Å². The summed E-state index contributed by atoms with van der Waals surface area (Å²) in [6.45, 7) is 2.61. The van der Waals surface area contributed by atoms with Gasteiger partial charge < -0.3 is 10.5 Å². The third-order valence-electron chi connectivity index (χ3n) is 2.31. The van der Waals surface area contributed by atoms with Crippen molar-refractivity contribution in [1.82, 2.24) is 4.98 Å². The number of aromatic nitrogens is 1. The van der Waals surface area contributed by atoms with E-state index < -0.39 is 0 Å². The van der Waals surface area contributed by atoms with Crippen LogP contribution in [0.3, 0.4) is 0 Å². The fourth-order valence-electron chi connectivity index (χ4n) is 1.56. The van der Waals surface area contributed by atoms with Crippen molar-refractivity contribution in [3.63, 3.8) is 0 Å². The lowest BCUT2D eigenvalue weighted by Gasteiger charge is -2.14. The lowest BCUT2D eigenvalue weighted by atomic mass is 10.1. The van der Waals surface area contributed by atoms with Crippen LogP contribution in [0.2, 0.25) is 0 Å². The van der Waals surface area contributed by atoms with Gasteiger partial charge in [-0.05, 0) is 13.0 Å². The smallest absolute Gasteiger partial charge is 0.124 e. The molecular formula is C12H14N2OS. The summed E-state index contributed by atoms with van der Waals surface area (Å²) in [6, 6.07) is 7.71. The van der Waals surface area contributed by atoms with Crippen molar-refractivity contribution in [2.24, 2.45) is 5.73 Å². The Morgan fingerprint density at radius 3 is 2.94 bits per heavy atom.